The van der Waals surface area contributed by atoms with Crippen molar-refractivity contribution >= 4 is 28.8 Å². The number of nitrogens with one attached hydrogen (secondary N) is 2. The van der Waals surface area contributed by atoms with E-state index in [1.165, 1.54) is 22.8 Å². The monoisotopic (exact) mass is 352 g/mol. The van der Waals surface area contributed by atoms with E-state index in [4.69, 9.17) is 0 Å². The van der Waals surface area contributed by atoms with E-state index in [0.717, 1.165) is 0 Å². The Hall–Kier alpha value is -3.48. The Bertz CT molecular complexity index is 1040. The summed E-state index contributed by atoms with van der Waals surface area (Å²) < 4.78 is 15.0. The maximum atomic E-state index is 13.5. The summed E-state index contributed by atoms with van der Waals surface area (Å²) in [4.78, 5) is 28.8. The Balaban J connectivity index is 1.78. The highest BCUT2D eigenvalue weighted by Crippen LogP contribution is 2.11. The first-order valence-corrected chi connectivity index (χ1v) is 8.08. The van der Waals surface area contributed by atoms with Gasteiger partial charge in [-0.2, -0.15) is 0 Å². The minimum absolute atomic E-state index is 0.197. The van der Waals surface area contributed by atoms with Gasteiger partial charge in [-0.05, 0) is 31.2 Å². The van der Waals surface area contributed by atoms with Gasteiger partial charge in [-0.15, -0.1) is 0 Å². The lowest BCUT2D eigenvalue weighted by Gasteiger charge is -2.13. The molecule has 0 spiro atoms. The van der Waals surface area contributed by atoms with Gasteiger partial charge in [0.1, 0.15) is 5.82 Å². The number of rotatable bonds is 5. The Kier molecular flexibility index (Phi) is 5.07. The zero-order valence-electron chi connectivity index (χ0n) is 14.1. The zero-order chi connectivity index (χ0) is 18.5. The molecule has 1 amide bonds. The number of aromatic nitrogens is 2. The second-order valence-electron chi connectivity index (χ2n) is 5.47. The molecule has 0 atom stereocenters. The summed E-state index contributed by atoms with van der Waals surface area (Å²) in [5.41, 5.74) is 5.72. The number of anilines is 1. The first kappa shape index (κ1) is 17.3. The van der Waals surface area contributed by atoms with Gasteiger partial charge in [0.15, 0.2) is 0 Å². The second kappa shape index (κ2) is 7.60. The predicted octanol–water partition coefficient (Wildman–Crippen LogP) is 2.71. The molecule has 0 bridgehead atoms. The molecule has 0 fully saturated rings. The van der Waals surface area contributed by atoms with Crippen molar-refractivity contribution in [2.75, 3.05) is 5.43 Å². The van der Waals surface area contributed by atoms with Gasteiger partial charge in [0.25, 0.3) is 11.5 Å². The molecule has 0 unspecified atom stereocenters. The lowest BCUT2D eigenvalue weighted by Crippen LogP contribution is -2.33. The standard InChI is InChI=1S/C19H17FN4O2/c1-2-24-18(26)14-8-4-6-10-16(14)21-19(24)23-22-17(25)12-11-13-7-3-5-9-15(13)20/h3-12H,2H2,1H3,(H,21,23)(H,22,25)/b12-11+. The SMILES string of the molecule is CCn1c(NNC(=O)/C=C/c2ccccc2F)nc2ccccc2c1=O. The smallest absolute Gasteiger partial charge is 0.262 e. The molecule has 1 heterocycles. The van der Waals surface area contributed by atoms with E-state index in [9.17, 15) is 14.0 Å². The average molecular weight is 352 g/mol. The molecule has 26 heavy (non-hydrogen) atoms. The third-order valence-corrected chi connectivity index (χ3v) is 3.79. The molecule has 132 valence electrons. The van der Waals surface area contributed by atoms with Gasteiger partial charge in [0.05, 0.1) is 10.9 Å². The second-order valence-corrected chi connectivity index (χ2v) is 5.47. The van der Waals surface area contributed by atoms with Crippen LogP contribution in [0.25, 0.3) is 17.0 Å². The number of hydrogen-bond donors (Lipinski definition) is 2. The highest BCUT2D eigenvalue weighted by molar-refractivity contribution is 5.92. The molecule has 0 radical (unpaired) electrons. The van der Waals surface area contributed by atoms with Gasteiger partial charge in [0, 0.05) is 18.2 Å². The van der Waals surface area contributed by atoms with E-state index < -0.39 is 11.7 Å². The number of carbonyl (C=O) groups excluding carboxylic acids is 1. The number of fused-ring (bicyclic) bond motifs is 1. The molecule has 0 aliphatic rings. The third kappa shape index (κ3) is 3.61. The topological polar surface area (TPSA) is 76.0 Å². The van der Waals surface area contributed by atoms with Crippen molar-refractivity contribution in [2.24, 2.45) is 0 Å². The van der Waals surface area contributed by atoms with Crippen LogP contribution in [-0.2, 0) is 11.3 Å². The third-order valence-electron chi connectivity index (χ3n) is 3.79. The molecule has 0 saturated heterocycles. The molecule has 6 nitrogen and oxygen atoms in total. The van der Waals surface area contributed by atoms with Crippen LogP contribution in [0.15, 0.2) is 59.4 Å². The lowest BCUT2D eigenvalue weighted by atomic mass is 10.2. The number of nitrogens with zero attached hydrogens (tertiary/aromatic N) is 2. The normalized spacial score (nSPS) is 11.0. The van der Waals surface area contributed by atoms with Crippen molar-refractivity contribution in [2.45, 2.75) is 13.5 Å². The van der Waals surface area contributed by atoms with Crippen LogP contribution in [-0.4, -0.2) is 15.5 Å². The predicted molar refractivity (Wildman–Crippen MR) is 98.9 cm³/mol. The molecular formula is C19H17FN4O2. The van der Waals surface area contributed by atoms with Crippen LogP contribution in [0.3, 0.4) is 0 Å². The summed E-state index contributed by atoms with van der Waals surface area (Å²) in [6.07, 6.45) is 2.56. The Morgan fingerprint density at radius 1 is 1.19 bits per heavy atom. The molecule has 3 rings (SSSR count). The Labute approximate surface area is 149 Å². The largest absolute Gasteiger partial charge is 0.277 e. The maximum Gasteiger partial charge on any atom is 0.262 e. The summed E-state index contributed by atoms with van der Waals surface area (Å²) in [6.45, 7) is 2.20. The number of amides is 1. The van der Waals surface area contributed by atoms with Crippen molar-refractivity contribution < 1.29 is 9.18 Å². The fraction of sp³-hybridized carbons (Fsp3) is 0.105. The number of benzene rings is 2. The Morgan fingerprint density at radius 2 is 1.92 bits per heavy atom. The van der Waals surface area contributed by atoms with Crippen molar-refractivity contribution in [3.05, 3.63) is 76.3 Å². The minimum Gasteiger partial charge on any atom is -0.277 e. The highest BCUT2D eigenvalue weighted by atomic mass is 19.1. The molecule has 0 aliphatic heterocycles. The Morgan fingerprint density at radius 3 is 2.69 bits per heavy atom. The van der Waals surface area contributed by atoms with Crippen molar-refractivity contribution in [1.29, 1.82) is 0 Å². The van der Waals surface area contributed by atoms with Crippen LogP contribution in [0, 0.1) is 5.82 Å². The molecule has 2 aromatic carbocycles. The van der Waals surface area contributed by atoms with E-state index in [0.29, 0.717) is 23.0 Å². The molecular weight excluding hydrogens is 335 g/mol. The van der Waals surface area contributed by atoms with Crippen molar-refractivity contribution in [3.63, 3.8) is 0 Å². The minimum atomic E-state index is -0.502. The van der Waals surface area contributed by atoms with Crippen LogP contribution in [0.1, 0.15) is 12.5 Å². The van der Waals surface area contributed by atoms with Crippen LogP contribution in [0.4, 0.5) is 10.3 Å². The van der Waals surface area contributed by atoms with Crippen LogP contribution >= 0.6 is 0 Å². The lowest BCUT2D eigenvalue weighted by molar-refractivity contribution is -0.116. The van der Waals surface area contributed by atoms with Gasteiger partial charge >= 0.3 is 0 Å². The van der Waals surface area contributed by atoms with Crippen LogP contribution in [0.5, 0.6) is 0 Å². The number of hydrogen-bond acceptors (Lipinski definition) is 4. The van der Waals surface area contributed by atoms with Gasteiger partial charge < -0.3 is 0 Å². The quantitative estimate of drug-likeness (QED) is 0.547. The summed E-state index contributed by atoms with van der Waals surface area (Å²) in [5, 5.41) is 0.505. The first-order chi connectivity index (χ1) is 12.6. The number of hydrazine groups is 1. The molecule has 1 aromatic heterocycles. The highest BCUT2D eigenvalue weighted by Gasteiger charge is 2.09. The van der Waals surface area contributed by atoms with Crippen molar-refractivity contribution in [3.8, 4) is 0 Å². The number of para-hydroxylation sites is 1. The van der Waals surface area contributed by atoms with E-state index in [1.807, 2.05) is 6.92 Å². The van der Waals surface area contributed by atoms with Gasteiger partial charge in [-0.3, -0.25) is 25.0 Å². The number of carbonyl (C=O) groups is 1. The van der Waals surface area contributed by atoms with Crippen LogP contribution < -0.4 is 16.4 Å². The maximum absolute atomic E-state index is 13.5. The summed E-state index contributed by atoms with van der Waals surface area (Å²) in [6, 6.07) is 13.1. The van der Waals surface area contributed by atoms with Gasteiger partial charge in [-0.25, -0.2) is 9.37 Å². The summed E-state index contributed by atoms with van der Waals surface area (Å²) >= 11 is 0. The van der Waals surface area contributed by atoms with E-state index >= 15 is 0 Å². The van der Waals surface area contributed by atoms with Gasteiger partial charge in [-0.1, -0.05) is 30.3 Å². The molecule has 0 saturated carbocycles. The van der Waals surface area contributed by atoms with Crippen molar-refractivity contribution in [1.82, 2.24) is 15.0 Å². The summed E-state index contributed by atoms with van der Waals surface area (Å²) in [7, 11) is 0. The van der Waals surface area contributed by atoms with E-state index in [2.05, 4.69) is 15.8 Å². The fourth-order valence-electron chi connectivity index (χ4n) is 2.49. The molecule has 0 aliphatic carbocycles. The summed E-state index contributed by atoms with van der Waals surface area (Å²) in [5.74, 6) is -0.692. The molecule has 7 heteroatoms. The molecule has 2 N–H and O–H groups in total. The van der Waals surface area contributed by atoms with E-state index in [-0.39, 0.29) is 11.5 Å². The first-order valence-electron chi connectivity index (χ1n) is 8.08. The molecule has 3 aromatic rings. The van der Waals surface area contributed by atoms with Gasteiger partial charge in [0.2, 0.25) is 5.95 Å². The average Bonchev–Trinajstić information content (AvgIpc) is 2.66. The van der Waals surface area contributed by atoms with E-state index in [1.54, 1.807) is 42.5 Å². The fourth-order valence-corrected chi connectivity index (χ4v) is 2.49. The number of halogens is 1. The van der Waals surface area contributed by atoms with Crippen LogP contribution in [0.2, 0.25) is 0 Å². The zero-order valence-corrected chi connectivity index (χ0v) is 14.1.